The topological polar surface area (TPSA) is 61.4 Å². The third-order valence-electron chi connectivity index (χ3n) is 5.14. The average molecular weight is 455 g/mol. The van der Waals surface area contributed by atoms with Gasteiger partial charge in [-0.25, -0.2) is 4.79 Å². The van der Waals surface area contributed by atoms with Crippen molar-refractivity contribution in [3.63, 3.8) is 0 Å². The predicted molar refractivity (Wildman–Crippen MR) is 107 cm³/mol. The van der Waals surface area contributed by atoms with Gasteiger partial charge in [-0.1, -0.05) is 25.3 Å². The van der Waals surface area contributed by atoms with Gasteiger partial charge in [0, 0.05) is 34.3 Å². The van der Waals surface area contributed by atoms with Crippen LogP contribution in [0, 0.1) is 3.57 Å². The number of amides is 3. The Morgan fingerprint density at radius 1 is 0.960 bits per heavy atom. The second-order valence-electron chi connectivity index (χ2n) is 7.03. The van der Waals surface area contributed by atoms with E-state index < -0.39 is 0 Å². The van der Waals surface area contributed by atoms with E-state index >= 15 is 0 Å². The minimum Gasteiger partial charge on any atom is -0.349 e. The molecular weight excluding hydrogens is 429 g/mol. The first kappa shape index (κ1) is 18.5. The van der Waals surface area contributed by atoms with E-state index in [1.54, 1.807) is 0 Å². The Balaban J connectivity index is 1.43. The van der Waals surface area contributed by atoms with Crippen molar-refractivity contribution in [3.05, 3.63) is 33.4 Å². The number of likely N-dealkylation sites (tertiary alicyclic amines) is 1. The highest BCUT2D eigenvalue weighted by atomic mass is 127. The van der Waals surface area contributed by atoms with Crippen LogP contribution in [0.2, 0.25) is 0 Å². The highest BCUT2D eigenvalue weighted by molar-refractivity contribution is 14.1. The summed E-state index contributed by atoms with van der Waals surface area (Å²) in [4.78, 5) is 26.6. The van der Waals surface area contributed by atoms with Crippen LogP contribution in [0.4, 0.5) is 4.79 Å². The molecule has 0 bridgehead atoms. The first-order valence-corrected chi connectivity index (χ1v) is 10.3. The van der Waals surface area contributed by atoms with Gasteiger partial charge >= 0.3 is 6.03 Å². The summed E-state index contributed by atoms with van der Waals surface area (Å²) in [5.74, 6) is -0.0244. The Morgan fingerprint density at radius 3 is 2.32 bits per heavy atom. The molecule has 2 N–H and O–H groups in total. The molecule has 3 amide bonds. The molecule has 2 fully saturated rings. The molecule has 136 valence electrons. The lowest BCUT2D eigenvalue weighted by Crippen LogP contribution is -2.51. The van der Waals surface area contributed by atoms with Crippen molar-refractivity contribution in [2.45, 2.75) is 57.0 Å². The van der Waals surface area contributed by atoms with Gasteiger partial charge in [0.25, 0.3) is 5.91 Å². The van der Waals surface area contributed by atoms with E-state index in [9.17, 15) is 9.59 Å². The standard InChI is InChI=1S/C19H26IN3O2/c20-15-6-4-5-14(13-15)18(24)21-17-9-11-23(12-10-17)19(25)22-16-7-2-1-3-8-16/h4-6,13,16-17H,1-3,7-12H2,(H,21,24)(H,22,25). The number of halogens is 1. The number of carbonyl (C=O) groups is 2. The van der Waals surface area contributed by atoms with Gasteiger partial charge in [0.05, 0.1) is 0 Å². The molecule has 1 aromatic carbocycles. The van der Waals surface area contributed by atoms with E-state index in [2.05, 4.69) is 33.2 Å². The van der Waals surface area contributed by atoms with Crippen molar-refractivity contribution in [2.24, 2.45) is 0 Å². The maximum absolute atomic E-state index is 12.4. The molecule has 2 aliphatic rings. The molecule has 1 saturated heterocycles. The second-order valence-corrected chi connectivity index (χ2v) is 8.28. The van der Waals surface area contributed by atoms with Gasteiger partial charge in [0.2, 0.25) is 0 Å². The number of urea groups is 1. The third-order valence-corrected chi connectivity index (χ3v) is 5.81. The number of piperidine rings is 1. The van der Waals surface area contributed by atoms with Crippen LogP contribution in [0.1, 0.15) is 55.3 Å². The van der Waals surface area contributed by atoms with E-state index in [4.69, 9.17) is 0 Å². The number of benzene rings is 1. The normalized spacial score (nSPS) is 19.5. The Morgan fingerprint density at radius 2 is 1.64 bits per heavy atom. The van der Waals surface area contributed by atoms with E-state index in [0.29, 0.717) is 24.7 Å². The van der Waals surface area contributed by atoms with Gasteiger partial charge in [0.15, 0.2) is 0 Å². The van der Waals surface area contributed by atoms with Gasteiger partial charge < -0.3 is 15.5 Å². The molecule has 0 radical (unpaired) electrons. The summed E-state index contributed by atoms with van der Waals surface area (Å²) in [7, 11) is 0. The Kier molecular flexibility index (Phi) is 6.56. The predicted octanol–water partition coefficient (Wildman–Crippen LogP) is 3.53. The fourth-order valence-electron chi connectivity index (χ4n) is 3.64. The highest BCUT2D eigenvalue weighted by Crippen LogP contribution is 2.18. The summed E-state index contributed by atoms with van der Waals surface area (Å²) in [6.07, 6.45) is 7.57. The van der Waals surface area contributed by atoms with Gasteiger partial charge in [-0.05, 0) is 66.5 Å². The molecule has 3 rings (SSSR count). The summed E-state index contributed by atoms with van der Waals surface area (Å²) in [5.41, 5.74) is 0.698. The van der Waals surface area contributed by atoms with Crippen molar-refractivity contribution >= 4 is 34.5 Å². The Hall–Kier alpha value is -1.31. The van der Waals surface area contributed by atoms with Crippen molar-refractivity contribution in [1.29, 1.82) is 0 Å². The molecule has 0 unspecified atom stereocenters. The molecule has 25 heavy (non-hydrogen) atoms. The monoisotopic (exact) mass is 455 g/mol. The molecule has 6 heteroatoms. The fraction of sp³-hybridized carbons (Fsp3) is 0.579. The van der Waals surface area contributed by atoms with Crippen LogP contribution in [0.15, 0.2) is 24.3 Å². The summed E-state index contributed by atoms with van der Waals surface area (Å²) >= 11 is 2.21. The van der Waals surface area contributed by atoms with E-state index in [1.807, 2.05) is 29.2 Å². The molecule has 0 aromatic heterocycles. The van der Waals surface area contributed by atoms with Gasteiger partial charge in [-0.2, -0.15) is 0 Å². The molecule has 1 aliphatic carbocycles. The van der Waals surface area contributed by atoms with Crippen LogP contribution < -0.4 is 10.6 Å². The van der Waals surface area contributed by atoms with E-state index in [-0.39, 0.29) is 18.0 Å². The van der Waals surface area contributed by atoms with Crippen LogP contribution in [0.25, 0.3) is 0 Å². The van der Waals surface area contributed by atoms with Crippen LogP contribution in [-0.2, 0) is 0 Å². The maximum Gasteiger partial charge on any atom is 0.317 e. The zero-order chi connectivity index (χ0) is 17.6. The first-order valence-electron chi connectivity index (χ1n) is 9.24. The summed E-state index contributed by atoms with van der Waals surface area (Å²) < 4.78 is 1.06. The minimum atomic E-state index is -0.0244. The van der Waals surface area contributed by atoms with E-state index in [0.717, 1.165) is 29.3 Å². The second kappa shape index (κ2) is 8.87. The fourth-order valence-corrected chi connectivity index (χ4v) is 4.18. The summed E-state index contributed by atoms with van der Waals surface area (Å²) in [6.45, 7) is 1.41. The van der Waals surface area contributed by atoms with Gasteiger partial charge in [0.1, 0.15) is 0 Å². The number of hydrogen-bond donors (Lipinski definition) is 2. The van der Waals surface area contributed by atoms with Crippen molar-refractivity contribution < 1.29 is 9.59 Å². The molecule has 5 nitrogen and oxygen atoms in total. The van der Waals surface area contributed by atoms with Crippen molar-refractivity contribution in [1.82, 2.24) is 15.5 Å². The lowest BCUT2D eigenvalue weighted by atomic mass is 9.95. The van der Waals surface area contributed by atoms with E-state index in [1.165, 1.54) is 19.3 Å². The Labute approximate surface area is 163 Å². The molecule has 0 atom stereocenters. The molecule has 1 saturated carbocycles. The average Bonchev–Trinajstić information content (AvgIpc) is 2.63. The zero-order valence-corrected chi connectivity index (χ0v) is 16.6. The smallest absolute Gasteiger partial charge is 0.317 e. The Bertz CT molecular complexity index is 608. The minimum absolute atomic E-state index is 0.0244. The molecule has 1 heterocycles. The number of carbonyl (C=O) groups excluding carboxylic acids is 2. The third kappa shape index (κ3) is 5.33. The van der Waals surface area contributed by atoms with Crippen molar-refractivity contribution in [3.8, 4) is 0 Å². The number of nitrogens with zero attached hydrogens (tertiary/aromatic N) is 1. The summed E-state index contributed by atoms with van der Waals surface area (Å²) in [6, 6.07) is 8.15. The van der Waals surface area contributed by atoms with Crippen LogP contribution in [-0.4, -0.2) is 42.0 Å². The summed E-state index contributed by atoms with van der Waals surface area (Å²) in [5, 5.41) is 6.28. The van der Waals surface area contributed by atoms with Gasteiger partial charge in [-0.15, -0.1) is 0 Å². The van der Waals surface area contributed by atoms with Gasteiger partial charge in [-0.3, -0.25) is 4.79 Å². The maximum atomic E-state index is 12.4. The molecule has 0 spiro atoms. The van der Waals surface area contributed by atoms with Crippen LogP contribution in [0.5, 0.6) is 0 Å². The number of nitrogens with one attached hydrogen (secondary N) is 2. The highest BCUT2D eigenvalue weighted by Gasteiger charge is 2.26. The SMILES string of the molecule is O=C(NC1CCN(C(=O)NC2CCCCC2)CC1)c1cccc(I)c1. The zero-order valence-electron chi connectivity index (χ0n) is 14.5. The number of hydrogen-bond acceptors (Lipinski definition) is 2. The van der Waals surface area contributed by atoms with Crippen LogP contribution in [0.3, 0.4) is 0 Å². The molecule has 1 aliphatic heterocycles. The molecular formula is C19H26IN3O2. The van der Waals surface area contributed by atoms with Crippen LogP contribution >= 0.6 is 22.6 Å². The molecule has 1 aromatic rings. The first-order chi connectivity index (χ1) is 12.1. The largest absolute Gasteiger partial charge is 0.349 e. The quantitative estimate of drug-likeness (QED) is 0.686. The number of rotatable bonds is 3. The lowest BCUT2D eigenvalue weighted by Gasteiger charge is -2.34. The lowest BCUT2D eigenvalue weighted by molar-refractivity contribution is 0.0917. The van der Waals surface area contributed by atoms with Crippen molar-refractivity contribution in [2.75, 3.05) is 13.1 Å².